The minimum absolute atomic E-state index is 0.00953. The number of carbonyl (C=O) groups is 2. The van der Waals surface area contributed by atoms with Crippen LogP contribution in [0.15, 0.2) is 18.2 Å². The first kappa shape index (κ1) is 15.8. The molecule has 2 amide bonds. The van der Waals surface area contributed by atoms with Gasteiger partial charge in [-0.2, -0.15) is 0 Å². The van der Waals surface area contributed by atoms with Crippen molar-refractivity contribution in [1.82, 2.24) is 5.32 Å². The lowest BCUT2D eigenvalue weighted by molar-refractivity contribution is -0.117. The third-order valence-electron chi connectivity index (χ3n) is 3.42. The molecule has 1 aliphatic heterocycles. The molecule has 0 aliphatic carbocycles. The van der Waals surface area contributed by atoms with Gasteiger partial charge in [0, 0.05) is 24.5 Å². The van der Waals surface area contributed by atoms with Gasteiger partial charge >= 0.3 is 0 Å². The molecule has 1 unspecified atom stereocenters. The van der Waals surface area contributed by atoms with Crippen LogP contribution in [0.3, 0.4) is 0 Å². The summed E-state index contributed by atoms with van der Waals surface area (Å²) >= 11 is 5.99. The summed E-state index contributed by atoms with van der Waals surface area (Å²) in [5, 5.41) is 12.5. The van der Waals surface area contributed by atoms with E-state index in [1.54, 1.807) is 30.0 Å². The maximum atomic E-state index is 12.2. The standard InChI is InChI=1S/C15H19ClN2O3/c1-10(19)6-7-17-15(21)12-5-4-11(16)9-13(12)18-8-2-3-14(18)20/h4-5,9-10,19H,2-3,6-8H2,1H3,(H,17,21). The number of aliphatic hydroxyl groups excluding tert-OH is 1. The summed E-state index contributed by atoms with van der Waals surface area (Å²) in [5.74, 6) is -0.252. The largest absolute Gasteiger partial charge is 0.393 e. The second-order valence-electron chi connectivity index (χ2n) is 5.20. The van der Waals surface area contributed by atoms with Crippen molar-refractivity contribution in [1.29, 1.82) is 0 Å². The quantitative estimate of drug-likeness (QED) is 0.873. The van der Waals surface area contributed by atoms with Crippen molar-refractivity contribution in [3.63, 3.8) is 0 Å². The zero-order valence-electron chi connectivity index (χ0n) is 11.9. The summed E-state index contributed by atoms with van der Waals surface area (Å²) < 4.78 is 0. The molecule has 114 valence electrons. The Morgan fingerprint density at radius 1 is 1.52 bits per heavy atom. The molecular weight excluding hydrogens is 292 g/mol. The Bertz CT molecular complexity index is 546. The highest BCUT2D eigenvalue weighted by Gasteiger charge is 2.26. The van der Waals surface area contributed by atoms with E-state index in [0.29, 0.717) is 42.2 Å². The average molecular weight is 311 g/mol. The Kier molecular flexibility index (Phi) is 5.20. The van der Waals surface area contributed by atoms with Crippen LogP contribution in [0.5, 0.6) is 0 Å². The minimum atomic E-state index is -0.463. The Hall–Kier alpha value is -1.59. The zero-order chi connectivity index (χ0) is 15.4. The molecule has 2 rings (SSSR count). The first-order valence-electron chi connectivity index (χ1n) is 7.05. The third kappa shape index (κ3) is 3.95. The fourth-order valence-corrected chi connectivity index (χ4v) is 2.48. The van der Waals surface area contributed by atoms with E-state index < -0.39 is 6.10 Å². The molecule has 6 heteroatoms. The molecule has 0 bridgehead atoms. The molecule has 0 radical (unpaired) electrons. The van der Waals surface area contributed by atoms with Crippen molar-refractivity contribution in [2.75, 3.05) is 18.0 Å². The molecule has 1 saturated heterocycles. The van der Waals surface area contributed by atoms with Gasteiger partial charge in [-0.25, -0.2) is 0 Å². The van der Waals surface area contributed by atoms with Gasteiger partial charge in [0.1, 0.15) is 0 Å². The summed E-state index contributed by atoms with van der Waals surface area (Å²) in [6.45, 7) is 2.66. The van der Waals surface area contributed by atoms with Gasteiger partial charge in [0.05, 0.1) is 17.4 Å². The van der Waals surface area contributed by atoms with Crippen LogP contribution in [-0.4, -0.2) is 36.1 Å². The number of carbonyl (C=O) groups excluding carboxylic acids is 2. The van der Waals surface area contributed by atoms with Crippen LogP contribution in [0.4, 0.5) is 5.69 Å². The van der Waals surface area contributed by atoms with E-state index in [9.17, 15) is 14.7 Å². The summed E-state index contributed by atoms with van der Waals surface area (Å²) in [6.07, 6.45) is 1.30. The van der Waals surface area contributed by atoms with Gasteiger partial charge < -0.3 is 15.3 Å². The van der Waals surface area contributed by atoms with E-state index in [2.05, 4.69) is 5.32 Å². The van der Waals surface area contributed by atoms with Crippen molar-refractivity contribution in [2.24, 2.45) is 0 Å². The number of benzene rings is 1. The lowest BCUT2D eigenvalue weighted by Gasteiger charge is -2.20. The van der Waals surface area contributed by atoms with Crippen LogP contribution in [0.1, 0.15) is 36.5 Å². The fourth-order valence-electron chi connectivity index (χ4n) is 2.31. The molecule has 21 heavy (non-hydrogen) atoms. The minimum Gasteiger partial charge on any atom is -0.393 e. The molecule has 1 aliphatic rings. The molecule has 1 fully saturated rings. The van der Waals surface area contributed by atoms with Gasteiger partial charge in [-0.05, 0) is 38.0 Å². The number of anilines is 1. The van der Waals surface area contributed by atoms with Gasteiger partial charge in [0.15, 0.2) is 0 Å². The van der Waals surface area contributed by atoms with Crippen molar-refractivity contribution < 1.29 is 14.7 Å². The molecule has 1 aromatic carbocycles. The van der Waals surface area contributed by atoms with E-state index in [4.69, 9.17) is 11.6 Å². The van der Waals surface area contributed by atoms with Gasteiger partial charge in [0.25, 0.3) is 5.91 Å². The monoisotopic (exact) mass is 310 g/mol. The van der Waals surface area contributed by atoms with Crippen LogP contribution in [-0.2, 0) is 4.79 Å². The third-order valence-corrected chi connectivity index (χ3v) is 3.65. The molecule has 1 aromatic rings. The lowest BCUT2D eigenvalue weighted by Crippen LogP contribution is -2.31. The molecule has 0 aromatic heterocycles. The normalized spacial score (nSPS) is 16.1. The van der Waals surface area contributed by atoms with Crippen LogP contribution in [0, 0.1) is 0 Å². The van der Waals surface area contributed by atoms with Crippen molar-refractivity contribution in [3.8, 4) is 0 Å². The predicted molar refractivity (Wildman–Crippen MR) is 81.7 cm³/mol. The van der Waals surface area contributed by atoms with E-state index in [-0.39, 0.29) is 11.8 Å². The Morgan fingerprint density at radius 3 is 2.90 bits per heavy atom. The first-order valence-corrected chi connectivity index (χ1v) is 7.43. The second kappa shape index (κ2) is 6.91. The SMILES string of the molecule is CC(O)CCNC(=O)c1ccc(Cl)cc1N1CCCC1=O. The van der Waals surface area contributed by atoms with Crippen molar-refractivity contribution >= 4 is 29.1 Å². The lowest BCUT2D eigenvalue weighted by atomic mass is 10.1. The molecule has 0 saturated carbocycles. The van der Waals surface area contributed by atoms with Gasteiger partial charge in [-0.1, -0.05) is 11.6 Å². The predicted octanol–water partition coefficient (Wildman–Crippen LogP) is 1.97. The molecular formula is C15H19ClN2O3. The number of amides is 2. The summed E-state index contributed by atoms with van der Waals surface area (Å²) in [7, 11) is 0. The number of nitrogens with zero attached hydrogens (tertiary/aromatic N) is 1. The van der Waals surface area contributed by atoms with Gasteiger partial charge in [0.2, 0.25) is 5.91 Å². The number of hydrogen-bond donors (Lipinski definition) is 2. The average Bonchev–Trinajstić information content (AvgIpc) is 2.84. The van der Waals surface area contributed by atoms with E-state index >= 15 is 0 Å². The van der Waals surface area contributed by atoms with Crippen LogP contribution in [0.2, 0.25) is 5.02 Å². The number of hydrogen-bond acceptors (Lipinski definition) is 3. The number of halogens is 1. The van der Waals surface area contributed by atoms with Crippen molar-refractivity contribution in [3.05, 3.63) is 28.8 Å². The van der Waals surface area contributed by atoms with Crippen LogP contribution < -0.4 is 10.2 Å². The highest BCUT2D eigenvalue weighted by atomic mass is 35.5. The molecule has 1 atom stereocenters. The molecule has 2 N–H and O–H groups in total. The number of nitrogens with one attached hydrogen (secondary N) is 1. The highest BCUT2D eigenvalue weighted by molar-refractivity contribution is 6.31. The number of rotatable bonds is 5. The summed E-state index contributed by atoms with van der Waals surface area (Å²) in [4.78, 5) is 25.7. The topological polar surface area (TPSA) is 69.6 Å². The Morgan fingerprint density at radius 2 is 2.29 bits per heavy atom. The molecule has 0 spiro atoms. The zero-order valence-corrected chi connectivity index (χ0v) is 12.7. The van der Waals surface area contributed by atoms with Gasteiger partial charge in [-0.3, -0.25) is 9.59 Å². The molecule has 5 nitrogen and oxygen atoms in total. The summed E-state index contributed by atoms with van der Waals surface area (Å²) in [6, 6.07) is 4.91. The van der Waals surface area contributed by atoms with E-state index in [1.807, 2.05) is 0 Å². The number of aliphatic hydroxyl groups is 1. The first-order chi connectivity index (χ1) is 9.99. The van der Waals surface area contributed by atoms with Crippen molar-refractivity contribution in [2.45, 2.75) is 32.3 Å². The van der Waals surface area contributed by atoms with Crippen LogP contribution in [0.25, 0.3) is 0 Å². The van der Waals surface area contributed by atoms with Gasteiger partial charge in [-0.15, -0.1) is 0 Å². The molecule has 1 heterocycles. The second-order valence-corrected chi connectivity index (χ2v) is 5.64. The maximum absolute atomic E-state index is 12.2. The Balaban J connectivity index is 2.18. The fraction of sp³-hybridized carbons (Fsp3) is 0.467. The van der Waals surface area contributed by atoms with Crippen LogP contribution >= 0.6 is 11.6 Å². The maximum Gasteiger partial charge on any atom is 0.253 e. The smallest absolute Gasteiger partial charge is 0.253 e. The highest BCUT2D eigenvalue weighted by Crippen LogP contribution is 2.28. The summed E-state index contributed by atoms with van der Waals surface area (Å²) in [5.41, 5.74) is 0.986. The Labute approximate surface area is 128 Å². The van der Waals surface area contributed by atoms with E-state index in [0.717, 1.165) is 6.42 Å². The van der Waals surface area contributed by atoms with E-state index in [1.165, 1.54) is 0 Å².